The van der Waals surface area contributed by atoms with Crippen LogP contribution in [0.1, 0.15) is 0 Å². The van der Waals surface area contributed by atoms with Crippen LogP contribution in [0, 0.1) is 15.9 Å². The molecule has 1 atom stereocenters. The first kappa shape index (κ1) is 22.7. The number of nitrogens with one attached hydrogen (secondary N) is 1. The molecule has 1 N–H and O–H groups in total. The van der Waals surface area contributed by atoms with Crippen molar-refractivity contribution >= 4 is 23.3 Å². The Bertz CT molecular complexity index is 923. The molecule has 0 saturated carbocycles. The van der Waals surface area contributed by atoms with Crippen molar-refractivity contribution in [1.82, 2.24) is 4.72 Å². The normalized spacial score (nSPS) is 13.3. The Morgan fingerprint density at radius 2 is 1.65 bits per heavy atom. The number of hydrogen-bond donors (Lipinski definition) is 1. The number of nitro benzene ring substituents is 1. The molecule has 2 rings (SSSR count). The van der Waals surface area contributed by atoms with Crippen molar-refractivity contribution in [3.63, 3.8) is 0 Å². The van der Waals surface area contributed by atoms with E-state index in [1.54, 1.807) is 0 Å². The fraction of sp³-hybridized carbons (Fsp3) is 0.0769. The van der Waals surface area contributed by atoms with Crippen LogP contribution in [0.3, 0.4) is 0 Å². The minimum atomic E-state index is -4.66. The zero-order valence-corrected chi connectivity index (χ0v) is 17.1. The molecule has 134 valence electrons. The van der Waals surface area contributed by atoms with Gasteiger partial charge in [-0.25, -0.2) is 17.5 Å². The number of benzene rings is 2. The summed E-state index contributed by atoms with van der Waals surface area (Å²) in [5.74, 6) is -0.847. The van der Waals surface area contributed by atoms with E-state index in [0.717, 1.165) is 48.5 Å². The van der Waals surface area contributed by atoms with Gasteiger partial charge in [0.05, 0.1) is 16.1 Å². The molecule has 0 amide bonds. The molecule has 0 spiro atoms. The van der Waals surface area contributed by atoms with Crippen molar-refractivity contribution in [3.05, 3.63) is 64.5 Å². The Morgan fingerprint density at radius 1 is 1.12 bits per heavy atom. The Labute approximate surface area is 170 Å². The van der Waals surface area contributed by atoms with Crippen molar-refractivity contribution in [1.29, 1.82) is 0 Å². The predicted octanol–water partition coefficient (Wildman–Crippen LogP) is -1.39. The molecule has 26 heavy (non-hydrogen) atoms. The summed E-state index contributed by atoms with van der Waals surface area (Å²) in [5.41, 5.74) is -0.259. The smallest absolute Gasteiger partial charge is 0.768 e. The fourth-order valence-electron chi connectivity index (χ4n) is 1.68. The molecule has 13 heteroatoms. The SMILES string of the molecule is O=[N+]([O-])c1ccc(OP(=O)([O-])CNS(=O)(=O)c2ccc(F)cc2)cc1.[Na+]. The summed E-state index contributed by atoms with van der Waals surface area (Å²) in [6.07, 6.45) is -1.05. The molecule has 9 nitrogen and oxygen atoms in total. The minimum Gasteiger partial charge on any atom is -0.768 e. The topological polar surface area (TPSA) is 139 Å². The second kappa shape index (κ2) is 9.05. The Balaban J connectivity index is 0.00000338. The first-order chi connectivity index (χ1) is 11.6. The van der Waals surface area contributed by atoms with Gasteiger partial charge in [-0.05, 0) is 36.4 Å². The van der Waals surface area contributed by atoms with Crippen molar-refractivity contribution in [3.8, 4) is 5.75 Å². The summed E-state index contributed by atoms with van der Waals surface area (Å²) < 4.78 is 55.0. The number of non-ortho nitro benzene ring substituents is 1. The third kappa shape index (κ3) is 6.44. The van der Waals surface area contributed by atoms with E-state index in [2.05, 4.69) is 4.52 Å². The predicted molar refractivity (Wildman–Crippen MR) is 82.9 cm³/mol. The van der Waals surface area contributed by atoms with E-state index in [1.807, 2.05) is 4.72 Å². The third-order valence-electron chi connectivity index (χ3n) is 2.86. The molecular weight excluding hydrogens is 401 g/mol. The van der Waals surface area contributed by atoms with Crippen molar-refractivity contribution in [2.75, 3.05) is 6.29 Å². The molecule has 0 aliphatic rings. The van der Waals surface area contributed by atoms with Crippen LogP contribution in [-0.2, 0) is 14.6 Å². The van der Waals surface area contributed by atoms with Crippen molar-refractivity contribution in [2.45, 2.75) is 4.90 Å². The average Bonchev–Trinajstić information content (AvgIpc) is 2.54. The largest absolute Gasteiger partial charge is 1.00 e. The van der Waals surface area contributed by atoms with Crippen LogP contribution in [0.15, 0.2) is 53.4 Å². The van der Waals surface area contributed by atoms with Crippen LogP contribution in [0.2, 0.25) is 0 Å². The molecule has 2 aromatic rings. The fourth-order valence-corrected chi connectivity index (χ4v) is 4.16. The van der Waals surface area contributed by atoms with E-state index in [-0.39, 0.29) is 45.9 Å². The maximum Gasteiger partial charge on any atom is 1.00 e. The first-order valence-electron chi connectivity index (χ1n) is 6.58. The second-order valence-corrected chi connectivity index (χ2v) is 8.20. The summed E-state index contributed by atoms with van der Waals surface area (Å²) in [6.45, 7) is 0. The molecule has 0 fully saturated rings. The quantitative estimate of drug-likeness (QED) is 0.256. The van der Waals surface area contributed by atoms with Gasteiger partial charge in [-0.15, -0.1) is 0 Å². The molecule has 0 saturated heterocycles. The van der Waals surface area contributed by atoms with Crippen LogP contribution in [0.4, 0.5) is 10.1 Å². The van der Waals surface area contributed by atoms with E-state index in [9.17, 15) is 32.4 Å². The van der Waals surface area contributed by atoms with Gasteiger partial charge < -0.3 is 9.42 Å². The standard InChI is InChI=1S/C13H12FN2O7PS.Na/c14-10-1-7-13(8-2-10)25(21,22)15-9-24(19,20)23-12-5-3-11(4-6-12)16(17)18;/h1-8,15H,9H2,(H,19,20);/q;+1/p-1. The van der Waals surface area contributed by atoms with Crippen LogP contribution >= 0.6 is 7.60 Å². The molecule has 0 radical (unpaired) electrons. The summed E-state index contributed by atoms with van der Waals surface area (Å²) in [5, 5.41) is 10.5. The molecule has 0 aliphatic carbocycles. The molecular formula is C13H11FN2NaO7PS. The average molecular weight is 412 g/mol. The molecule has 0 heterocycles. The van der Waals surface area contributed by atoms with E-state index < -0.39 is 34.6 Å². The van der Waals surface area contributed by atoms with Crippen LogP contribution in [-0.4, -0.2) is 19.6 Å². The van der Waals surface area contributed by atoms with Crippen LogP contribution < -0.4 is 43.7 Å². The van der Waals surface area contributed by atoms with E-state index >= 15 is 0 Å². The van der Waals surface area contributed by atoms with Gasteiger partial charge in [0.15, 0.2) is 7.60 Å². The van der Waals surface area contributed by atoms with E-state index in [4.69, 9.17) is 0 Å². The number of nitro groups is 1. The number of halogens is 1. The van der Waals surface area contributed by atoms with Crippen molar-refractivity contribution < 1.29 is 61.3 Å². The van der Waals surface area contributed by atoms with Gasteiger partial charge in [0, 0.05) is 12.1 Å². The Morgan fingerprint density at radius 3 is 2.15 bits per heavy atom. The van der Waals surface area contributed by atoms with Gasteiger partial charge >= 0.3 is 29.6 Å². The summed E-state index contributed by atoms with van der Waals surface area (Å²) in [7, 11) is -8.84. The zero-order valence-electron chi connectivity index (χ0n) is 13.4. The van der Waals surface area contributed by atoms with Gasteiger partial charge in [-0.3, -0.25) is 14.7 Å². The van der Waals surface area contributed by atoms with E-state index in [0.29, 0.717) is 0 Å². The van der Waals surface area contributed by atoms with Gasteiger partial charge in [-0.2, -0.15) is 0 Å². The summed E-state index contributed by atoms with van der Waals surface area (Å²) in [4.78, 5) is 21.4. The number of hydrogen-bond acceptors (Lipinski definition) is 7. The Hall–Kier alpha value is -1.33. The maximum absolute atomic E-state index is 12.8. The van der Waals surface area contributed by atoms with Gasteiger partial charge in [0.2, 0.25) is 10.0 Å². The third-order valence-corrected chi connectivity index (χ3v) is 5.53. The number of rotatable bonds is 7. The molecule has 1 unspecified atom stereocenters. The van der Waals surface area contributed by atoms with Crippen molar-refractivity contribution in [2.24, 2.45) is 0 Å². The maximum atomic E-state index is 12.8. The molecule has 0 aromatic heterocycles. The van der Waals surface area contributed by atoms with Gasteiger partial charge in [0.25, 0.3) is 5.69 Å². The summed E-state index contributed by atoms with van der Waals surface area (Å²) >= 11 is 0. The minimum absolute atomic E-state index is 0. The monoisotopic (exact) mass is 412 g/mol. The van der Waals surface area contributed by atoms with Gasteiger partial charge in [-0.1, -0.05) is 0 Å². The first-order valence-corrected chi connectivity index (χ1v) is 9.79. The molecule has 0 aliphatic heterocycles. The van der Waals surface area contributed by atoms with Crippen LogP contribution in [0.5, 0.6) is 5.75 Å². The van der Waals surface area contributed by atoms with Crippen LogP contribution in [0.25, 0.3) is 0 Å². The van der Waals surface area contributed by atoms with E-state index in [1.165, 1.54) is 0 Å². The number of nitrogens with zero attached hydrogens (tertiary/aromatic N) is 1. The zero-order chi connectivity index (χ0) is 18.7. The molecule has 0 bridgehead atoms. The summed E-state index contributed by atoms with van der Waals surface area (Å²) in [6, 6.07) is 8.00. The van der Waals surface area contributed by atoms with Gasteiger partial charge in [0.1, 0.15) is 11.6 Å². The Kier molecular flexibility index (Phi) is 7.90. The second-order valence-electron chi connectivity index (χ2n) is 4.71. The number of sulfonamides is 1. The molecule has 2 aromatic carbocycles.